The fourth-order valence-corrected chi connectivity index (χ4v) is 4.33. The van der Waals surface area contributed by atoms with Crippen molar-refractivity contribution in [2.24, 2.45) is 7.05 Å². The number of para-hydroxylation sites is 2. The Kier molecular flexibility index (Phi) is 6.30. The Morgan fingerprint density at radius 3 is 2.55 bits per heavy atom. The van der Waals surface area contributed by atoms with Crippen molar-refractivity contribution in [1.29, 1.82) is 0 Å². The summed E-state index contributed by atoms with van der Waals surface area (Å²) in [4.78, 5) is 19.4. The average Bonchev–Trinajstić information content (AvgIpc) is 3.15. The van der Waals surface area contributed by atoms with E-state index in [1.807, 2.05) is 35.2 Å². The number of aromatic nitrogens is 2. The molecule has 0 saturated carbocycles. The molecule has 2 aromatic carbocycles. The average molecular weight is 423 g/mol. The second-order valence-electron chi connectivity index (χ2n) is 7.95. The molecule has 3 aromatic rings. The van der Waals surface area contributed by atoms with Crippen molar-refractivity contribution in [1.82, 2.24) is 19.8 Å². The SMILES string of the molecule is COc1ccc(CCNC(=O)N2CCC(c3nc4ccccc4n3C)CC2)cc1OC. The molecule has 0 aliphatic carbocycles. The highest BCUT2D eigenvalue weighted by atomic mass is 16.5. The Bertz CT molecular complexity index is 1050. The number of methoxy groups -OCH3 is 2. The van der Waals surface area contributed by atoms with Crippen LogP contribution >= 0.6 is 0 Å². The number of hydrogen-bond donors (Lipinski definition) is 1. The van der Waals surface area contributed by atoms with Crippen LogP contribution in [0.4, 0.5) is 4.79 Å². The highest BCUT2D eigenvalue weighted by Gasteiger charge is 2.26. The third kappa shape index (κ3) is 4.45. The molecule has 2 heterocycles. The lowest BCUT2D eigenvalue weighted by molar-refractivity contribution is 0.180. The summed E-state index contributed by atoms with van der Waals surface area (Å²) in [5.41, 5.74) is 3.29. The quantitative estimate of drug-likeness (QED) is 0.657. The number of aryl methyl sites for hydroxylation is 1. The summed E-state index contributed by atoms with van der Waals surface area (Å²) in [7, 11) is 5.33. The van der Waals surface area contributed by atoms with Gasteiger partial charge in [-0.05, 0) is 49.1 Å². The van der Waals surface area contributed by atoms with Gasteiger partial charge in [0, 0.05) is 32.6 Å². The molecule has 1 aliphatic rings. The third-order valence-corrected chi connectivity index (χ3v) is 6.11. The Morgan fingerprint density at radius 1 is 1.10 bits per heavy atom. The number of imidazole rings is 1. The van der Waals surface area contributed by atoms with Gasteiger partial charge in [-0.3, -0.25) is 0 Å². The molecule has 0 spiro atoms. The Morgan fingerprint density at radius 2 is 1.84 bits per heavy atom. The number of hydrogen-bond acceptors (Lipinski definition) is 4. The van der Waals surface area contributed by atoms with E-state index in [9.17, 15) is 4.79 Å². The zero-order valence-corrected chi connectivity index (χ0v) is 18.4. The predicted octanol–water partition coefficient (Wildman–Crippen LogP) is 3.72. The maximum atomic E-state index is 12.6. The fraction of sp³-hybridized carbons (Fsp3) is 0.417. The lowest BCUT2D eigenvalue weighted by atomic mass is 9.96. The second-order valence-corrected chi connectivity index (χ2v) is 7.95. The first kappa shape index (κ1) is 21.0. The number of fused-ring (bicyclic) bond motifs is 1. The maximum absolute atomic E-state index is 12.6. The smallest absolute Gasteiger partial charge is 0.317 e. The van der Waals surface area contributed by atoms with E-state index in [1.54, 1.807) is 14.2 Å². The van der Waals surface area contributed by atoms with Gasteiger partial charge in [-0.2, -0.15) is 0 Å². The number of urea groups is 1. The summed E-state index contributed by atoms with van der Waals surface area (Å²) in [6.45, 7) is 2.07. The summed E-state index contributed by atoms with van der Waals surface area (Å²) < 4.78 is 12.8. The van der Waals surface area contributed by atoms with Gasteiger partial charge in [0.25, 0.3) is 0 Å². The Hall–Kier alpha value is -3.22. The van der Waals surface area contributed by atoms with Crippen molar-refractivity contribution in [3.8, 4) is 11.5 Å². The van der Waals surface area contributed by atoms with Crippen LogP contribution < -0.4 is 14.8 Å². The van der Waals surface area contributed by atoms with Crippen molar-refractivity contribution < 1.29 is 14.3 Å². The van der Waals surface area contributed by atoms with Crippen LogP contribution in [0.5, 0.6) is 11.5 Å². The maximum Gasteiger partial charge on any atom is 0.317 e. The number of piperidine rings is 1. The molecule has 1 aliphatic heterocycles. The number of nitrogens with zero attached hydrogens (tertiary/aromatic N) is 3. The lowest BCUT2D eigenvalue weighted by Crippen LogP contribution is -2.44. The minimum atomic E-state index is 0.00364. The van der Waals surface area contributed by atoms with Crippen molar-refractivity contribution in [3.05, 3.63) is 53.9 Å². The number of carbonyl (C=O) groups excluding carboxylic acids is 1. The Labute approximate surface area is 183 Å². The van der Waals surface area contributed by atoms with Crippen molar-refractivity contribution >= 4 is 17.1 Å². The molecule has 0 radical (unpaired) electrons. The summed E-state index contributed by atoms with van der Waals surface area (Å²) >= 11 is 0. The van der Waals surface area contributed by atoms with Gasteiger partial charge >= 0.3 is 6.03 Å². The summed E-state index contributed by atoms with van der Waals surface area (Å²) in [5.74, 6) is 2.91. The number of nitrogens with one attached hydrogen (secondary N) is 1. The molecular formula is C24H30N4O3. The van der Waals surface area contributed by atoms with E-state index >= 15 is 0 Å². The van der Waals surface area contributed by atoms with Crippen molar-refractivity contribution in [2.45, 2.75) is 25.2 Å². The zero-order chi connectivity index (χ0) is 21.8. The van der Waals surface area contributed by atoms with E-state index in [-0.39, 0.29) is 6.03 Å². The van der Waals surface area contributed by atoms with E-state index in [4.69, 9.17) is 14.5 Å². The highest BCUT2D eigenvalue weighted by molar-refractivity contribution is 5.76. The summed E-state index contributed by atoms with van der Waals surface area (Å²) in [6, 6.07) is 14.1. The van der Waals surface area contributed by atoms with E-state index in [0.717, 1.165) is 54.8 Å². The Balaban J connectivity index is 1.28. The normalized spacial score (nSPS) is 14.6. The largest absolute Gasteiger partial charge is 0.493 e. The summed E-state index contributed by atoms with van der Waals surface area (Å²) in [6.07, 6.45) is 2.60. The van der Waals surface area contributed by atoms with Crippen LogP contribution in [0.1, 0.15) is 30.1 Å². The second kappa shape index (κ2) is 9.29. The molecule has 2 amide bonds. The van der Waals surface area contributed by atoms with E-state index in [1.165, 1.54) is 0 Å². The van der Waals surface area contributed by atoms with E-state index < -0.39 is 0 Å². The number of rotatable bonds is 6. The van der Waals surface area contributed by atoms with Crippen LogP contribution in [0.15, 0.2) is 42.5 Å². The first-order valence-corrected chi connectivity index (χ1v) is 10.8. The number of amides is 2. The number of carbonyl (C=O) groups is 1. The highest BCUT2D eigenvalue weighted by Crippen LogP contribution is 2.30. The molecule has 31 heavy (non-hydrogen) atoms. The predicted molar refractivity (Wildman–Crippen MR) is 121 cm³/mol. The van der Waals surface area contributed by atoms with E-state index in [2.05, 4.69) is 29.1 Å². The van der Waals surface area contributed by atoms with Crippen LogP contribution in [0, 0.1) is 0 Å². The molecule has 1 fully saturated rings. The first-order valence-electron chi connectivity index (χ1n) is 10.8. The monoisotopic (exact) mass is 422 g/mol. The van der Waals surface area contributed by atoms with Crippen LogP contribution in [0.25, 0.3) is 11.0 Å². The van der Waals surface area contributed by atoms with Gasteiger partial charge in [-0.25, -0.2) is 9.78 Å². The molecule has 7 heteroatoms. The molecule has 1 saturated heterocycles. The van der Waals surface area contributed by atoms with Gasteiger partial charge in [0.1, 0.15) is 5.82 Å². The van der Waals surface area contributed by atoms with Crippen LogP contribution in [0.3, 0.4) is 0 Å². The number of benzene rings is 2. The number of likely N-dealkylation sites (tertiary alicyclic amines) is 1. The van der Waals surface area contributed by atoms with Crippen molar-refractivity contribution in [2.75, 3.05) is 33.9 Å². The lowest BCUT2D eigenvalue weighted by Gasteiger charge is -2.31. The molecule has 0 bridgehead atoms. The van der Waals surface area contributed by atoms with E-state index in [0.29, 0.717) is 24.0 Å². The molecule has 164 valence electrons. The molecule has 1 N–H and O–H groups in total. The van der Waals surface area contributed by atoms with Crippen molar-refractivity contribution in [3.63, 3.8) is 0 Å². The minimum absolute atomic E-state index is 0.00364. The van der Waals surface area contributed by atoms with Gasteiger partial charge in [0.15, 0.2) is 11.5 Å². The first-order chi connectivity index (χ1) is 15.1. The molecule has 4 rings (SSSR count). The molecule has 1 aromatic heterocycles. The molecule has 0 unspecified atom stereocenters. The zero-order valence-electron chi connectivity index (χ0n) is 18.4. The van der Waals surface area contributed by atoms with Gasteiger partial charge in [0.05, 0.1) is 25.3 Å². The summed E-state index contributed by atoms with van der Waals surface area (Å²) in [5, 5.41) is 3.05. The van der Waals surface area contributed by atoms with Gasteiger partial charge < -0.3 is 24.3 Å². The van der Waals surface area contributed by atoms with Crippen LogP contribution in [-0.4, -0.2) is 54.3 Å². The molecule has 7 nitrogen and oxygen atoms in total. The van der Waals surface area contributed by atoms with Crippen LogP contribution in [-0.2, 0) is 13.5 Å². The third-order valence-electron chi connectivity index (χ3n) is 6.11. The standard InChI is InChI=1S/C24H30N4O3/c1-27-20-7-5-4-6-19(20)26-23(27)18-11-14-28(15-12-18)24(29)25-13-10-17-8-9-21(30-2)22(16-17)31-3/h4-9,16,18H,10-15H2,1-3H3,(H,25,29). The van der Waals surface area contributed by atoms with Gasteiger partial charge in [-0.1, -0.05) is 18.2 Å². The van der Waals surface area contributed by atoms with Gasteiger partial charge in [-0.15, -0.1) is 0 Å². The topological polar surface area (TPSA) is 68.6 Å². The molecular weight excluding hydrogens is 392 g/mol. The molecule has 0 atom stereocenters. The van der Waals surface area contributed by atoms with Gasteiger partial charge in [0.2, 0.25) is 0 Å². The minimum Gasteiger partial charge on any atom is -0.493 e. The fourth-order valence-electron chi connectivity index (χ4n) is 4.33. The van der Waals surface area contributed by atoms with Crippen LogP contribution in [0.2, 0.25) is 0 Å². The number of ether oxygens (including phenoxy) is 2.